The highest BCUT2D eigenvalue weighted by Gasteiger charge is 2.17. The van der Waals surface area contributed by atoms with Gasteiger partial charge in [-0.05, 0) is 58.1 Å². The van der Waals surface area contributed by atoms with Crippen LogP contribution in [0, 0.1) is 11.6 Å². The third kappa shape index (κ3) is 5.67. The molecule has 0 N–H and O–H groups in total. The predicted molar refractivity (Wildman–Crippen MR) is 112 cm³/mol. The van der Waals surface area contributed by atoms with E-state index in [0.29, 0.717) is 0 Å². The van der Waals surface area contributed by atoms with Crippen molar-refractivity contribution in [3.63, 3.8) is 0 Å². The van der Waals surface area contributed by atoms with Gasteiger partial charge in [0.05, 0.1) is 9.52 Å². The summed E-state index contributed by atoms with van der Waals surface area (Å²) in [7, 11) is 2.71. The van der Waals surface area contributed by atoms with Crippen LogP contribution in [0.5, 0.6) is 0 Å². The highest BCUT2D eigenvalue weighted by atomic mass is 33.1. The minimum absolute atomic E-state index is 0.163. The average Bonchev–Trinajstić information content (AvgIpc) is 3.12. The Morgan fingerprint density at radius 3 is 2.15 bits per heavy atom. The Morgan fingerprint density at radius 1 is 1.00 bits per heavy atom. The number of halogens is 2. The van der Waals surface area contributed by atoms with Crippen molar-refractivity contribution in [3.05, 3.63) is 77.6 Å². The summed E-state index contributed by atoms with van der Waals surface area (Å²) < 4.78 is 28.7. The second kappa shape index (κ2) is 10.1. The third-order valence-corrected chi connectivity index (χ3v) is 8.84. The van der Waals surface area contributed by atoms with E-state index in [2.05, 4.69) is 17.0 Å². The number of aromatic nitrogens is 3. The quantitative estimate of drug-likeness (QED) is 0.286. The molecule has 0 unspecified atom stereocenters. The van der Waals surface area contributed by atoms with Crippen LogP contribution < -0.4 is 0 Å². The maximum absolute atomic E-state index is 13.3. The summed E-state index contributed by atoms with van der Waals surface area (Å²) in [4.78, 5) is 4.35. The Bertz CT molecular complexity index is 795. The van der Waals surface area contributed by atoms with Crippen LogP contribution in [0.15, 0.2) is 60.0 Å². The number of rotatable bonds is 9. The van der Waals surface area contributed by atoms with Gasteiger partial charge in [-0.15, -0.1) is 0 Å². The first-order chi connectivity index (χ1) is 13.2. The van der Waals surface area contributed by atoms with E-state index in [1.54, 1.807) is 27.9 Å². The molecule has 0 amide bonds. The number of benzene rings is 2. The molecule has 1 heterocycles. The molecule has 2 aromatic carbocycles. The molecular formula is C19H21F2N3S2Si. The van der Waals surface area contributed by atoms with Crippen LogP contribution in [-0.4, -0.2) is 30.0 Å². The zero-order valence-electron chi connectivity index (χ0n) is 15.0. The smallest absolute Gasteiger partial charge is 0.196 e. The number of hydrogen-bond donors (Lipinski definition) is 0. The van der Waals surface area contributed by atoms with Gasteiger partial charge >= 0.3 is 0 Å². The lowest BCUT2D eigenvalue weighted by Crippen LogP contribution is -2.18. The predicted octanol–water partition coefficient (Wildman–Crippen LogP) is 4.62. The summed E-state index contributed by atoms with van der Waals surface area (Å²) in [5.41, 5.74) is 2.28. The minimum atomic E-state index is -0.722. The first-order valence-electron chi connectivity index (χ1n) is 8.85. The molecule has 0 fully saturated rings. The molecule has 0 aliphatic carbocycles. The van der Waals surface area contributed by atoms with E-state index < -0.39 is 9.52 Å². The molecule has 0 aliphatic heterocycles. The SMILES string of the molecule is CCCSSc1ncnn1C[SiH2]C(c1ccc(F)cc1)c1ccc(F)cc1. The van der Waals surface area contributed by atoms with E-state index in [4.69, 9.17) is 0 Å². The highest BCUT2D eigenvalue weighted by molar-refractivity contribution is 8.76. The van der Waals surface area contributed by atoms with Crippen LogP contribution in [0.4, 0.5) is 8.78 Å². The Kier molecular flexibility index (Phi) is 7.48. The monoisotopic (exact) mass is 421 g/mol. The summed E-state index contributed by atoms with van der Waals surface area (Å²) in [6.45, 7) is 2.15. The molecule has 0 radical (unpaired) electrons. The summed E-state index contributed by atoms with van der Waals surface area (Å²) in [5.74, 6) is 0.574. The molecule has 142 valence electrons. The summed E-state index contributed by atoms with van der Waals surface area (Å²) in [5, 5.41) is 5.28. The van der Waals surface area contributed by atoms with Gasteiger partial charge in [-0.2, -0.15) is 5.10 Å². The van der Waals surface area contributed by atoms with Crippen LogP contribution in [0.2, 0.25) is 0 Å². The van der Waals surface area contributed by atoms with E-state index in [1.165, 1.54) is 24.3 Å². The first kappa shape index (κ1) is 20.1. The van der Waals surface area contributed by atoms with E-state index in [-0.39, 0.29) is 17.2 Å². The van der Waals surface area contributed by atoms with E-state index in [0.717, 1.165) is 34.6 Å². The normalized spacial score (nSPS) is 11.7. The molecule has 27 heavy (non-hydrogen) atoms. The van der Waals surface area contributed by atoms with Crippen molar-refractivity contribution >= 4 is 31.1 Å². The molecule has 3 rings (SSSR count). The minimum Gasteiger partial charge on any atom is -0.244 e. The lowest BCUT2D eigenvalue weighted by Gasteiger charge is -2.18. The molecule has 3 nitrogen and oxygen atoms in total. The Morgan fingerprint density at radius 2 is 1.59 bits per heavy atom. The molecule has 1 aromatic heterocycles. The lowest BCUT2D eigenvalue weighted by atomic mass is 10.0. The maximum Gasteiger partial charge on any atom is 0.196 e. The van der Waals surface area contributed by atoms with Gasteiger partial charge in [0.25, 0.3) is 0 Å². The van der Waals surface area contributed by atoms with Gasteiger partial charge in [-0.25, -0.2) is 18.4 Å². The first-order valence-corrected chi connectivity index (χ1v) is 13.0. The number of hydrogen-bond acceptors (Lipinski definition) is 4. The van der Waals surface area contributed by atoms with Crippen molar-refractivity contribution in [1.29, 1.82) is 0 Å². The number of nitrogens with zero attached hydrogens (tertiary/aromatic N) is 3. The van der Waals surface area contributed by atoms with Crippen LogP contribution in [0.3, 0.4) is 0 Å². The van der Waals surface area contributed by atoms with Gasteiger partial charge in [0, 0.05) is 11.9 Å². The fraction of sp³-hybridized carbons (Fsp3) is 0.263. The average molecular weight is 422 g/mol. The van der Waals surface area contributed by atoms with Crippen LogP contribution in [-0.2, 0) is 6.17 Å². The van der Waals surface area contributed by atoms with Crippen molar-refractivity contribution in [1.82, 2.24) is 14.8 Å². The Hall–Kier alpha value is -1.64. The Labute approximate surface area is 168 Å². The zero-order chi connectivity index (χ0) is 19.1. The maximum atomic E-state index is 13.3. The molecule has 0 saturated heterocycles. The van der Waals surface area contributed by atoms with Gasteiger partial charge in [-0.1, -0.05) is 42.0 Å². The van der Waals surface area contributed by atoms with Gasteiger partial charge < -0.3 is 0 Å². The second-order valence-electron chi connectivity index (χ2n) is 6.12. The summed E-state index contributed by atoms with van der Waals surface area (Å²) in [6, 6.07) is 13.2. The highest BCUT2D eigenvalue weighted by Crippen LogP contribution is 2.30. The van der Waals surface area contributed by atoms with Gasteiger partial charge in [0.2, 0.25) is 0 Å². The topological polar surface area (TPSA) is 30.7 Å². The van der Waals surface area contributed by atoms with E-state index >= 15 is 0 Å². The molecule has 3 aromatic rings. The zero-order valence-corrected chi connectivity index (χ0v) is 18.1. The van der Waals surface area contributed by atoms with Gasteiger partial charge in [-0.3, -0.25) is 0 Å². The van der Waals surface area contributed by atoms with Gasteiger partial charge in [0.1, 0.15) is 18.0 Å². The van der Waals surface area contributed by atoms with Crippen LogP contribution in [0.1, 0.15) is 30.0 Å². The Balaban J connectivity index is 1.77. The van der Waals surface area contributed by atoms with Crippen molar-refractivity contribution < 1.29 is 8.78 Å². The van der Waals surface area contributed by atoms with Crippen molar-refractivity contribution in [2.24, 2.45) is 0 Å². The second-order valence-corrected chi connectivity index (χ2v) is 10.3. The molecule has 0 spiro atoms. The van der Waals surface area contributed by atoms with Crippen LogP contribution >= 0.6 is 21.6 Å². The van der Waals surface area contributed by atoms with Crippen LogP contribution in [0.25, 0.3) is 0 Å². The fourth-order valence-electron chi connectivity index (χ4n) is 2.82. The standard InChI is InChI=1S/C19H21F2N3S2Si/c1-2-11-25-26-19-22-12-23-24(19)13-27-18(14-3-7-16(20)8-4-14)15-5-9-17(21)10-6-15/h3-10,12,18H,2,11,13,27H2,1H3. The van der Waals surface area contributed by atoms with E-state index in [9.17, 15) is 8.78 Å². The molecule has 8 heteroatoms. The molecule has 0 aliphatic rings. The molecule has 0 atom stereocenters. The molecule has 0 saturated carbocycles. The van der Waals surface area contributed by atoms with Crippen molar-refractivity contribution in [2.75, 3.05) is 5.75 Å². The van der Waals surface area contributed by atoms with E-state index in [1.807, 2.05) is 28.9 Å². The lowest BCUT2D eigenvalue weighted by molar-refractivity contribution is 0.626. The largest absolute Gasteiger partial charge is 0.244 e. The van der Waals surface area contributed by atoms with Crippen molar-refractivity contribution in [2.45, 2.75) is 30.2 Å². The fourth-order valence-corrected chi connectivity index (χ4v) is 7.14. The molecular weight excluding hydrogens is 400 g/mol. The third-order valence-electron chi connectivity index (χ3n) is 4.18. The van der Waals surface area contributed by atoms with Gasteiger partial charge in [0.15, 0.2) is 5.16 Å². The summed E-state index contributed by atoms with van der Waals surface area (Å²) in [6.07, 6.45) is 3.53. The summed E-state index contributed by atoms with van der Waals surface area (Å²) >= 11 is 0. The van der Waals surface area contributed by atoms with Crippen molar-refractivity contribution in [3.8, 4) is 0 Å². The molecule has 0 bridgehead atoms.